The van der Waals surface area contributed by atoms with Crippen molar-refractivity contribution in [3.8, 4) is 23.0 Å². The van der Waals surface area contributed by atoms with Gasteiger partial charge in [0.2, 0.25) is 5.89 Å². The molecule has 0 fully saturated rings. The van der Waals surface area contributed by atoms with E-state index in [-0.39, 0.29) is 11.5 Å². The maximum atomic E-state index is 10.5. The molecule has 2 N–H and O–H groups in total. The number of benzene rings is 4. The van der Waals surface area contributed by atoms with Crippen molar-refractivity contribution in [2.75, 3.05) is 0 Å². The summed E-state index contributed by atoms with van der Waals surface area (Å²) < 4.78 is 7.05. The summed E-state index contributed by atoms with van der Waals surface area (Å²) >= 11 is 6.76. The molecule has 0 saturated carbocycles. The first-order valence-corrected chi connectivity index (χ1v) is 12.0. The van der Waals surface area contributed by atoms with Crippen LogP contribution in [0.1, 0.15) is 16.7 Å². The Morgan fingerprint density at radius 1 is 0.853 bits per heavy atom. The van der Waals surface area contributed by atoms with Crippen LogP contribution in [0.15, 0.2) is 97.2 Å². The third-order valence-corrected chi connectivity index (χ3v) is 6.56. The largest absolute Gasteiger partial charge is 0.507 e. The predicted molar refractivity (Wildman–Crippen MR) is 141 cm³/mol. The quantitative estimate of drug-likeness (QED) is 0.209. The van der Waals surface area contributed by atoms with Gasteiger partial charge >= 0.3 is 0 Å². The summed E-state index contributed by atoms with van der Waals surface area (Å²) in [7, 11) is 0. The number of hydrogen-bond donors (Lipinski definition) is 2. The van der Waals surface area contributed by atoms with Gasteiger partial charge in [0.05, 0.1) is 14.6 Å². The lowest BCUT2D eigenvalue weighted by Crippen LogP contribution is -1.92. The Balaban J connectivity index is 1.43. The Hall–Kier alpha value is -3.42. The lowest BCUT2D eigenvalue weighted by Gasteiger charge is -2.07. The van der Waals surface area contributed by atoms with E-state index in [1.807, 2.05) is 48.5 Å². The van der Waals surface area contributed by atoms with E-state index in [4.69, 9.17) is 4.42 Å². The second kappa shape index (κ2) is 9.44. The van der Waals surface area contributed by atoms with Gasteiger partial charge in [-0.15, -0.1) is 0 Å². The molecule has 34 heavy (non-hydrogen) atoms. The van der Waals surface area contributed by atoms with E-state index in [2.05, 4.69) is 54.0 Å². The molecule has 168 valence electrons. The van der Waals surface area contributed by atoms with E-state index in [1.54, 1.807) is 24.4 Å². The average molecular weight is 578 g/mol. The van der Waals surface area contributed by atoms with E-state index >= 15 is 0 Å². The van der Waals surface area contributed by atoms with Crippen LogP contribution in [-0.2, 0) is 6.42 Å². The van der Waals surface area contributed by atoms with Gasteiger partial charge in [-0.2, -0.15) is 0 Å². The van der Waals surface area contributed by atoms with Crippen LogP contribution in [0.4, 0.5) is 5.69 Å². The molecule has 0 aliphatic heterocycles. The van der Waals surface area contributed by atoms with Crippen molar-refractivity contribution >= 4 is 54.9 Å². The summed E-state index contributed by atoms with van der Waals surface area (Å²) in [5.74, 6) is 0.745. The van der Waals surface area contributed by atoms with E-state index in [0.29, 0.717) is 37.2 Å². The molecule has 5 rings (SSSR count). The van der Waals surface area contributed by atoms with Gasteiger partial charge in [0.15, 0.2) is 5.58 Å². The lowest BCUT2D eigenvalue weighted by atomic mass is 10.0. The number of phenols is 2. The van der Waals surface area contributed by atoms with Crippen LogP contribution < -0.4 is 0 Å². The normalized spacial score (nSPS) is 11.5. The molecule has 0 spiro atoms. The number of phenolic OH excluding ortho intramolecular Hbond substituents is 2. The summed E-state index contributed by atoms with van der Waals surface area (Å²) in [6.07, 6.45) is 2.40. The number of aromatic hydroxyl groups is 2. The molecule has 5 aromatic rings. The van der Waals surface area contributed by atoms with Crippen molar-refractivity contribution in [3.63, 3.8) is 0 Å². The summed E-state index contributed by atoms with van der Waals surface area (Å²) in [5.41, 5.74) is 5.60. The Labute approximate surface area is 212 Å². The van der Waals surface area contributed by atoms with E-state index < -0.39 is 0 Å². The van der Waals surface area contributed by atoms with Gasteiger partial charge in [0, 0.05) is 17.3 Å². The molecule has 1 aromatic heterocycles. The summed E-state index contributed by atoms with van der Waals surface area (Å²) in [4.78, 5) is 9.12. The van der Waals surface area contributed by atoms with Crippen LogP contribution in [-0.4, -0.2) is 21.4 Å². The second-order valence-electron chi connectivity index (χ2n) is 7.77. The van der Waals surface area contributed by atoms with Crippen molar-refractivity contribution < 1.29 is 14.6 Å². The van der Waals surface area contributed by atoms with Gasteiger partial charge in [0.25, 0.3) is 0 Å². The zero-order valence-corrected chi connectivity index (χ0v) is 20.9. The topological polar surface area (TPSA) is 78.9 Å². The molecule has 0 saturated heterocycles. The highest BCUT2D eigenvalue weighted by Crippen LogP contribution is 2.33. The molecule has 0 bridgehead atoms. The van der Waals surface area contributed by atoms with Crippen molar-refractivity contribution in [1.29, 1.82) is 0 Å². The SMILES string of the molecule is Oc1ccc(-c2nc3cc(N=Cc4cc(Cc5ccccc5)cc(Br)c4O)ccc3o2)cc1Br. The molecule has 0 radical (unpaired) electrons. The number of hydrogen-bond acceptors (Lipinski definition) is 5. The van der Waals surface area contributed by atoms with E-state index in [1.165, 1.54) is 5.56 Å². The minimum Gasteiger partial charge on any atom is -0.507 e. The standard InChI is InChI=1S/C27H18Br2N2O3/c28-21-13-18(6-8-24(21)32)27-31-23-14-20(7-9-25(23)34-27)30-15-19-11-17(12-22(29)26(19)33)10-16-4-2-1-3-5-16/h1-9,11-15,32-33H,10H2. The first-order chi connectivity index (χ1) is 16.5. The Kier molecular flexibility index (Phi) is 6.22. The molecular formula is C27H18Br2N2O3. The number of nitrogens with zero attached hydrogens (tertiary/aromatic N) is 2. The smallest absolute Gasteiger partial charge is 0.227 e. The third kappa shape index (κ3) is 4.76. The number of halogens is 2. The fourth-order valence-electron chi connectivity index (χ4n) is 3.61. The summed E-state index contributed by atoms with van der Waals surface area (Å²) in [6, 6.07) is 24.6. The molecule has 7 heteroatoms. The molecule has 0 aliphatic rings. The highest BCUT2D eigenvalue weighted by molar-refractivity contribution is 9.10. The number of aliphatic imine (C=N–C) groups is 1. The molecular weight excluding hydrogens is 560 g/mol. The summed E-state index contributed by atoms with van der Waals surface area (Å²) in [5, 5.41) is 20.2. The maximum Gasteiger partial charge on any atom is 0.227 e. The minimum atomic E-state index is 0.142. The van der Waals surface area contributed by atoms with E-state index in [9.17, 15) is 10.2 Å². The van der Waals surface area contributed by atoms with Gasteiger partial charge in [0.1, 0.15) is 17.0 Å². The van der Waals surface area contributed by atoms with Crippen LogP contribution in [0, 0.1) is 0 Å². The molecule has 0 aliphatic carbocycles. The van der Waals surface area contributed by atoms with Crippen LogP contribution in [0.5, 0.6) is 11.5 Å². The fraction of sp³-hybridized carbons (Fsp3) is 0.0370. The van der Waals surface area contributed by atoms with Gasteiger partial charge in [-0.25, -0.2) is 4.98 Å². The van der Waals surface area contributed by atoms with Crippen LogP contribution in [0.2, 0.25) is 0 Å². The number of oxazole rings is 1. The number of fused-ring (bicyclic) bond motifs is 1. The maximum absolute atomic E-state index is 10.5. The Morgan fingerprint density at radius 3 is 2.47 bits per heavy atom. The molecule has 0 amide bonds. The first-order valence-electron chi connectivity index (χ1n) is 10.4. The Morgan fingerprint density at radius 2 is 1.68 bits per heavy atom. The van der Waals surface area contributed by atoms with Gasteiger partial charge in [-0.1, -0.05) is 30.3 Å². The molecule has 4 aromatic carbocycles. The van der Waals surface area contributed by atoms with Crippen LogP contribution >= 0.6 is 31.9 Å². The van der Waals surface area contributed by atoms with Crippen LogP contribution in [0.25, 0.3) is 22.6 Å². The fourth-order valence-corrected chi connectivity index (χ4v) is 4.52. The summed E-state index contributed by atoms with van der Waals surface area (Å²) in [6.45, 7) is 0. The molecule has 0 atom stereocenters. The number of aromatic nitrogens is 1. The predicted octanol–water partition coefficient (Wildman–Crippen LogP) is 7.77. The highest BCUT2D eigenvalue weighted by atomic mass is 79.9. The zero-order valence-electron chi connectivity index (χ0n) is 17.7. The molecule has 5 nitrogen and oxygen atoms in total. The first kappa shape index (κ1) is 22.4. The second-order valence-corrected chi connectivity index (χ2v) is 9.48. The van der Waals surface area contributed by atoms with Gasteiger partial charge < -0.3 is 14.6 Å². The van der Waals surface area contributed by atoms with Crippen molar-refractivity contribution in [1.82, 2.24) is 4.98 Å². The zero-order chi connectivity index (χ0) is 23.7. The monoisotopic (exact) mass is 576 g/mol. The van der Waals surface area contributed by atoms with Crippen molar-refractivity contribution in [2.45, 2.75) is 6.42 Å². The highest BCUT2D eigenvalue weighted by Gasteiger charge is 2.11. The molecule has 0 unspecified atom stereocenters. The van der Waals surface area contributed by atoms with Gasteiger partial charge in [-0.05, 0) is 97.9 Å². The van der Waals surface area contributed by atoms with Crippen molar-refractivity contribution in [2.24, 2.45) is 4.99 Å². The lowest BCUT2D eigenvalue weighted by molar-refractivity contribution is 0.470. The average Bonchev–Trinajstić information content (AvgIpc) is 3.26. The Bertz CT molecular complexity index is 1530. The van der Waals surface area contributed by atoms with Crippen LogP contribution in [0.3, 0.4) is 0 Å². The van der Waals surface area contributed by atoms with Crippen molar-refractivity contribution in [3.05, 3.63) is 104 Å². The minimum absolute atomic E-state index is 0.142. The van der Waals surface area contributed by atoms with E-state index in [0.717, 1.165) is 17.5 Å². The third-order valence-electron chi connectivity index (χ3n) is 5.32. The van der Waals surface area contributed by atoms with Gasteiger partial charge in [-0.3, -0.25) is 4.99 Å². The molecule has 1 heterocycles. The number of rotatable bonds is 5.